The van der Waals surface area contributed by atoms with Crippen molar-refractivity contribution in [2.45, 2.75) is 63.3 Å². The van der Waals surface area contributed by atoms with Crippen molar-refractivity contribution in [1.29, 1.82) is 0 Å². The van der Waals surface area contributed by atoms with Crippen LogP contribution >= 0.6 is 22.7 Å². The molecule has 6 heterocycles. The topological polar surface area (TPSA) is 189 Å². The largest absolute Gasteiger partial charge is 0.443 e. The first-order valence-corrected chi connectivity index (χ1v) is 22.4. The van der Waals surface area contributed by atoms with E-state index in [0.717, 1.165) is 66.0 Å². The van der Waals surface area contributed by atoms with Gasteiger partial charge in [0.2, 0.25) is 0 Å². The molecule has 8 rings (SSSR count). The molecule has 0 saturated carbocycles. The Balaban J connectivity index is 0.861. The van der Waals surface area contributed by atoms with Crippen LogP contribution in [0.1, 0.15) is 32.0 Å². The average molecular weight is 905 g/mol. The van der Waals surface area contributed by atoms with Crippen LogP contribution in [0.5, 0.6) is 0 Å². The summed E-state index contributed by atoms with van der Waals surface area (Å²) in [4.78, 5) is 92.3. The highest BCUT2D eigenvalue weighted by Gasteiger charge is 2.39. The number of fused-ring (bicyclic) bond motifs is 2. The van der Waals surface area contributed by atoms with E-state index >= 15 is 0 Å². The lowest BCUT2D eigenvalue weighted by molar-refractivity contribution is -0.153. The van der Waals surface area contributed by atoms with Crippen LogP contribution in [-0.2, 0) is 67.4 Å². The number of carbonyl (C=O) groups excluding carboxylic acids is 6. The Kier molecular flexibility index (Phi) is 13.1. The zero-order valence-electron chi connectivity index (χ0n) is 35.7. The number of thiophene rings is 2. The Morgan fingerprint density at radius 2 is 1.08 bits per heavy atom. The maximum Gasteiger partial charge on any atom is 0.332 e. The number of rotatable bonds is 18. The lowest BCUT2D eigenvalue weighted by Crippen LogP contribution is -2.35. The molecular formula is C46H48N8O8S2. The third-order valence-corrected chi connectivity index (χ3v) is 13.1. The van der Waals surface area contributed by atoms with Crippen LogP contribution < -0.4 is 10.6 Å². The Morgan fingerprint density at radius 1 is 0.656 bits per heavy atom. The second-order valence-corrected chi connectivity index (χ2v) is 18.3. The van der Waals surface area contributed by atoms with Gasteiger partial charge in [0.1, 0.15) is 12.1 Å². The Bertz CT molecular complexity index is 2540. The molecule has 64 heavy (non-hydrogen) atoms. The number of urea groups is 2. The lowest BCUT2D eigenvalue weighted by Gasteiger charge is -2.24. The summed E-state index contributed by atoms with van der Waals surface area (Å²) in [6, 6.07) is 17.0. The van der Waals surface area contributed by atoms with Crippen molar-refractivity contribution in [2.75, 3.05) is 28.2 Å². The number of amides is 6. The quantitative estimate of drug-likeness (QED) is 0.0381. The predicted molar refractivity (Wildman–Crippen MR) is 242 cm³/mol. The molecule has 2 aliphatic heterocycles. The number of benzene rings is 2. The van der Waals surface area contributed by atoms with Gasteiger partial charge in [-0.3, -0.25) is 29.2 Å². The second kappa shape index (κ2) is 19.0. The van der Waals surface area contributed by atoms with Gasteiger partial charge in [-0.1, -0.05) is 24.3 Å². The molecule has 2 aliphatic rings. The summed E-state index contributed by atoms with van der Waals surface area (Å²) in [5.74, 6) is -1.99. The summed E-state index contributed by atoms with van der Waals surface area (Å²) >= 11 is 2.98. The third kappa shape index (κ3) is 9.94. The van der Waals surface area contributed by atoms with Crippen molar-refractivity contribution in [3.05, 3.63) is 128 Å². The standard InChI is InChI=1S/C46H48N8O8S2/c1-51(2)39(21-29-23-47-35-11-9-27(17-33(29)35)19-37-43(57)53(45(59)49-37)25-31-7-5-15-63-31)61-41(55)13-14-42(56)62-40(52(3)4)22-30-24-48-36-12-10-28(18-34(30)36)20-38-44(58)54(46(60)50-38)26-32-8-6-16-64-32/h5-18,23-24,37-40,47-48H,19-22,25-26H2,1-4H3,(H,49,59)(H,50,60)/b14-13-. The monoisotopic (exact) mass is 904 g/mol. The van der Waals surface area contributed by atoms with E-state index in [1.54, 1.807) is 38.0 Å². The molecule has 2 saturated heterocycles. The Morgan fingerprint density at radius 3 is 1.45 bits per heavy atom. The number of hydrogen-bond donors (Lipinski definition) is 4. The Hall–Kier alpha value is -6.60. The fourth-order valence-corrected chi connectivity index (χ4v) is 9.26. The fraction of sp³-hybridized carbons (Fsp3) is 0.304. The maximum atomic E-state index is 13.2. The van der Waals surface area contributed by atoms with Crippen molar-refractivity contribution in [2.24, 2.45) is 0 Å². The first-order valence-electron chi connectivity index (χ1n) is 20.7. The minimum absolute atomic E-state index is 0.235. The van der Waals surface area contributed by atoms with Crippen LogP contribution in [0.4, 0.5) is 9.59 Å². The summed E-state index contributed by atoms with van der Waals surface area (Å²) in [5, 5.41) is 11.2. The van der Waals surface area contributed by atoms with Gasteiger partial charge < -0.3 is 30.1 Å². The lowest BCUT2D eigenvalue weighted by atomic mass is 10.0. The SMILES string of the molecule is CN(C)C(Cc1c[nH]c2ccc(CC3NC(=O)N(Cc4cccs4)C3=O)cc12)OC(=O)/C=C\C(=O)OC(Cc1c[nH]c2ccc(CC3NC(=O)N(Cc4cccs4)C3=O)cc12)N(C)C. The first kappa shape index (κ1) is 44.0. The van der Waals surface area contributed by atoms with Gasteiger partial charge in [0.15, 0.2) is 12.5 Å². The van der Waals surface area contributed by atoms with Gasteiger partial charge in [0.25, 0.3) is 11.8 Å². The van der Waals surface area contributed by atoms with E-state index in [1.165, 1.54) is 32.5 Å². The van der Waals surface area contributed by atoms with Crippen molar-refractivity contribution in [1.82, 2.24) is 40.2 Å². The molecule has 16 nitrogen and oxygen atoms in total. The van der Waals surface area contributed by atoms with E-state index in [1.807, 2.05) is 83.8 Å². The third-order valence-electron chi connectivity index (χ3n) is 11.3. The van der Waals surface area contributed by atoms with Crippen LogP contribution in [-0.4, -0.2) is 118 Å². The Labute approximate surface area is 376 Å². The second-order valence-electron chi connectivity index (χ2n) is 16.3. The summed E-state index contributed by atoms with van der Waals surface area (Å²) in [7, 11) is 7.15. The molecule has 2 fully saturated rings. The van der Waals surface area contributed by atoms with Crippen LogP contribution in [0, 0.1) is 0 Å². The first-order chi connectivity index (χ1) is 30.8. The molecule has 6 amide bonds. The number of nitrogens with zero attached hydrogens (tertiary/aromatic N) is 4. The number of imide groups is 2. The molecule has 4 unspecified atom stereocenters. The van der Waals surface area contributed by atoms with Gasteiger partial charge in [-0.15, -0.1) is 22.7 Å². The number of esters is 2. The van der Waals surface area contributed by atoms with Crippen LogP contribution in [0.2, 0.25) is 0 Å². The minimum atomic E-state index is -0.726. The van der Waals surface area contributed by atoms with E-state index in [-0.39, 0.29) is 24.9 Å². The van der Waals surface area contributed by atoms with Crippen molar-refractivity contribution >= 4 is 80.3 Å². The zero-order valence-corrected chi connectivity index (χ0v) is 37.3. The van der Waals surface area contributed by atoms with E-state index in [9.17, 15) is 28.8 Å². The molecule has 2 aromatic carbocycles. The fourth-order valence-electron chi connectivity index (χ4n) is 7.88. The number of H-pyrrole nitrogens is 2. The molecule has 6 aromatic rings. The minimum Gasteiger partial charge on any atom is -0.443 e. The molecule has 4 aromatic heterocycles. The number of carbonyl (C=O) groups is 6. The number of aromatic nitrogens is 2. The van der Waals surface area contributed by atoms with Gasteiger partial charge in [-0.05, 0) is 97.6 Å². The van der Waals surface area contributed by atoms with Gasteiger partial charge in [-0.25, -0.2) is 19.2 Å². The summed E-state index contributed by atoms with van der Waals surface area (Å²) in [6.45, 7) is 0.470. The number of aromatic amines is 2. The van der Waals surface area contributed by atoms with Gasteiger partial charge in [0.05, 0.1) is 13.1 Å². The molecule has 0 bridgehead atoms. The molecule has 0 radical (unpaired) electrons. The summed E-state index contributed by atoms with van der Waals surface area (Å²) < 4.78 is 11.6. The van der Waals surface area contributed by atoms with Gasteiger partial charge in [0, 0.05) is 81.8 Å². The van der Waals surface area contributed by atoms with Gasteiger partial charge in [-0.2, -0.15) is 0 Å². The number of hydrogen-bond acceptors (Lipinski definition) is 12. The van der Waals surface area contributed by atoms with Gasteiger partial charge >= 0.3 is 24.0 Å². The maximum absolute atomic E-state index is 13.2. The van der Waals surface area contributed by atoms with Crippen molar-refractivity contribution in [3.8, 4) is 0 Å². The van der Waals surface area contributed by atoms with Crippen molar-refractivity contribution in [3.63, 3.8) is 0 Å². The van der Waals surface area contributed by atoms with Crippen molar-refractivity contribution < 1.29 is 38.2 Å². The molecule has 332 valence electrons. The van der Waals surface area contributed by atoms with E-state index in [2.05, 4.69) is 20.6 Å². The smallest absolute Gasteiger partial charge is 0.332 e. The highest BCUT2D eigenvalue weighted by atomic mass is 32.1. The van der Waals surface area contributed by atoms with E-state index in [4.69, 9.17) is 9.47 Å². The molecule has 4 N–H and O–H groups in total. The van der Waals surface area contributed by atoms with E-state index < -0.39 is 48.5 Å². The number of nitrogens with one attached hydrogen (secondary N) is 4. The van der Waals surface area contributed by atoms with Crippen LogP contribution in [0.25, 0.3) is 21.8 Å². The average Bonchev–Trinajstić information content (AvgIpc) is 4.15. The number of ether oxygens (including phenoxy) is 2. The summed E-state index contributed by atoms with van der Waals surface area (Å²) in [5.41, 5.74) is 5.20. The molecule has 4 atom stereocenters. The predicted octanol–water partition coefficient (Wildman–Crippen LogP) is 5.30. The van der Waals surface area contributed by atoms with Crippen LogP contribution in [0.3, 0.4) is 0 Å². The molecule has 0 spiro atoms. The molecular weight excluding hydrogens is 857 g/mol. The molecule has 18 heteroatoms. The highest BCUT2D eigenvalue weighted by Crippen LogP contribution is 2.27. The molecule has 0 aliphatic carbocycles. The highest BCUT2D eigenvalue weighted by molar-refractivity contribution is 7.10. The van der Waals surface area contributed by atoms with Crippen LogP contribution in [0.15, 0.2) is 96.0 Å². The normalized spacial score (nSPS) is 17.7. The summed E-state index contributed by atoms with van der Waals surface area (Å²) in [6.07, 6.45) is 5.71. The van der Waals surface area contributed by atoms with E-state index in [0.29, 0.717) is 25.7 Å². The number of likely N-dealkylation sites (N-methyl/N-ethyl adjacent to an activating group) is 2. The zero-order chi connectivity index (χ0) is 45.1.